The molecule has 3 aromatic rings. The van der Waals surface area contributed by atoms with Crippen molar-refractivity contribution in [3.63, 3.8) is 0 Å². The first-order valence-electron chi connectivity index (χ1n) is 9.64. The minimum Gasteiger partial charge on any atom is -0.411 e. The number of nitrogens with zero attached hydrogens (tertiary/aromatic N) is 3. The monoisotopic (exact) mass is 385 g/mol. The van der Waals surface area contributed by atoms with E-state index in [0.29, 0.717) is 17.3 Å². The van der Waals surface area contributed by atoms with Crippen LogP contribution in [0, 0.1) is 12.3 Å². The van der Waals surface area contributed by atoms with E-state index in [1.54, 1.807) is 6.92 Å². The van der Waals surface area contributed by atoms with Crippen LogP contribution in [0.5, 0.6) is 0 Å². The van der Waals surface area contributed by atoms with Gasteiger partial charge in [-0.25, -0.2) is 9.97 Å². The SMILES string of the molecule is C/C(=N/O)c1cccc(-c2cc(Nc3cccc(C)n3)c(C=N)c(C3CC3)c2)n1. The molecule has 3 N–H and O–H groups in total. The highest BCUT2D eigenvalue weighted by molar-refractivity contribution is 5.97. The lowest BCUT2D eigenvalue weighted by Crippen LogP contribution is -2.03. The summed E-state index contributed by atoms with van der Waals surface area (Å²) < 4.78 is 0. The summed E-state index contributed by atoms with van der Waals surface area (Å²) in [5.74, 6) is 1.22. The van der Waals surface area contributed by atoms with E-state index in [4.69, 9.17) is 10.6 Å². The summed E-state index contributed by atoms with van der Waals surface area (Å²) in [6, 6.07) is 15.6. The molecule has 0 saturated heterocycles. The molecule has 1 aliphatic carbocycles. The van der Waals surface area contributed by atoms with Crippen LogP contribution in [-0.4, -0.2) is 27.1 Å². The highest BCUT2D eigenvalue weighted by Crippen LogP contribution is 2.44. The Hall–Kier alpha value is -3.54. The number of anilines is 2. The van der Waals surface area contributed by atoms with Crippen molar-refractivity contribution in [2.75, 3.05) is 5.32 Å². The Balaban J connectivity index is 1.83. The molecule has 2 heterocycles. The summed E-state index contributed by atoms with van der Waals surface area (Å²) in [6.07, 6.45) is 3.69. The topological polar surface area (TPSA) is 94.3 Å². The molecule has 0 aliphatic heterocycles. The molecule has 6 heteroatoms. The fraction of sp³-hybridized carbons (Fsp3) is 0.217. The number of hydrogen-bond acceptors (Lipinski definition) is 6. The van der Waals surface area contributed by atoms with E-state index < -0.39 is 0 Å². The normalized spacial score (nSPS) is 13.9. The van der Waals surface area contributed by atoms with Crippen LogP contribution in [-0.2, 0) is 0 Å². The highest BCUT2D eigenvalue weighted by atomic mass is 16.4. The first kappa shape index (κ1) is 18.8. The number of nitrogens with one attached hydrogen (secondary N) is 2. The molecule has 1 fully saturated rings. The molecular weight excluding hydrogens is 362 g/mol. The second kappa shape index (κ2) is 7.83. The van der Waals surface area contributed by atoms with Crippen LogP contribution < -0.4 is 5.32 Å². The van der Waals surface area contributed by atoms with Crippen LogP contribution in [0.25, 0.3) is 11.3 Å². The summed E-state index contributed by atoms with van der Waals surface area (Å²) in [5.41, 5.74) is 6.67. The predicted molar refractivity (Wildman–Crippen MR) is 116 cm³/mol. The molecule has 6 nitrogen and oxygen atoms in total. The maximum absolute atomic E-state index is 9.08. The van der Waals surface area contributed by atoms with Crippen LogP contribution in [0.4, 0.5) is 11.5 Å². The van der Waals surface area contributed by atoms with Gasteiger partial charge in [-0.15, -0.1) is 0 Å². The van der Waals surface area contributed by atoms with Crippen molar-refractivity contribution in [3.05, 3.63) is 71.0 Å². The third kappa shape index (κ3) is 4.01. The van der Waals surface area contributed by atoms with Gasteiger partial charge in [0.2, 0.25) is 0 Å². The average molecular weight is 385 g/mol. The van der Waals surface area contributed by atoms with E-state index in [-0.39, 0.29) is 0 Å². The minimum atomic E-state index is 0.465. The number of hydrogen-bond donors (Lipinski definition) is 3. The zero-order valence-corrected chi connectivity index (χ0v) is 16.5. The molecule has 0 radical (unpaired) electrons. The van der Waals surface area contributed by atoms with Crippen LogP contribution in [0.15, 0.2) is 53.7 Å². The van der Waals surface area contributed by atoms with Gasteiger partial charge < -0.3 is 15.9 Å². The highest BCUT2D eigenvalue weighted by Gasteiger charge is 2.28. The Morgan fingerprint density at radius 1 is 1.17 bits per heavy atom. The van der Waals surface area contributed by atoms with Gasteiger partial charge in [0.05, 0.1) is 11.4 Å². The molecule has 146 valence electrons. The van der Waals surface area contributed by atoms with Crippen molar-refractivity contribution < 1.29 is 5.21 Å². The molecule has 1 saturated carbocycles. The van der Waals surface area contributed by atoms with Crippen molar-refractivity contribution in [3.8, 4) is 11.3 Å². The standard InChI is InChI=1S/C23H23N5O/c1-14-5-3-8-23(25-14)27-22-12-17(11-18(16-9-10-16)19(22)13-24)21-7-4-6-20(26-21)15(2)28-29/h3-8,11-13,16,24,29H,9-10H2,1-2H3,(H,25,27)/b24-13?,28-15-. The number of aryl methyl sites for hydroxylation is 1. The van der Waals surface area contributed by atoms with E-state index in [0.717, 1.165) is 52.4 Å². The van der Waals surface area contributed by atoms with E-state index in [1.807, 2.05) is 49.4 Å². The van der Waals surface area contributed by atoms with E-state index in [2.05, 4.69) is 26.5 Å². The molecule has 4 rings (SSSR count). The van der Waals surface area contributed by atoms with Crippen LogP contribution >= 0.6 is 0 Å². The molecule has 1 aromatic carbocycles. The quantitative estimate of drug-likeness (QED) is 0.306. The Morgan fingerprint density at radius 2 is 1.97 bits per heavy atom. The minimum absolute atomic E-state index is 0.465. The Kier molecular flexibility index (Phi) is 5.08. The fourth-order valence-electron chi connectivity index (χ4n) is 3.42. The molecule has 2 aromatic heterocycles. The number of rotatable bonds is 6. The number of aromatic nitrogens is 2. The Labute approximate surface area is 169 Å². The Bertz CT molecular complexity index is 1100. The van der Waals surface area contributed by atoms with Crippen molar-refractivity contribution in [1.29, 1.82) is 5.41 Å². The van der Waals surface area contributed by atoms with E-state index in [9.17, 15) is 0 Å². The molecule has 0 amide bonds. The third-order valence-corrected chi connectivity index (χ3v) is 5.09. The summed E-state index contributed by atoms with van der Waals surface area (Å²) in [5, 5.41) is 23.7. The second-order valence-corrected chi connectivity index (χ2v) is 7.33. The summed E-state index contributed by atoms with van der Waals surface area (Å²) >= 11 is 0. The van der Waals surface area contributed by atoms with Crippen molar-refractivity contribution in [2.24, 2.45) is 5.16 Å². The lowest BCUT2D eigenvalue weighted by Gasteiger charge is -2.16. The molecule has 1 aliphatic rings. The van der Waals surface area contributed by atoms with Gasteiger partial charge in [-0.2, -0.15) is 0 Å². The third-order valence-electron chi connectivity index (χ3n) is 5.09. The molecular formula is C23H23N5O. The van der Waals surface area contributed by atoms with Crippen molar-refractivity contribution in [1.82, 2.24) is 9.97 Å². The van der Waals surface area contributed by atoms with Crippen LogP contribution in [0.3, 0.4) is 0 Å². The maximum atomic E-state index is 9.08. The first-order valence-corrected chi connectivity index (χ1v) is 9.64. The molecule has 0 unspecified atom stereocenters. The first-order chi connectivity index (χ1) is 14.1. The number of oxime groups is 1. The van der Waals surface area contributed by atoms with Crippen molar-refractivity contribution in [2.45, 2.75) is 32.6 Å². The van der Waals surface area contributed by atoms with E-state index >= 15 is 0 Å². The molecule has 0 atom stereocenters. The van der Waals surface area contributed by atoms with Gasteiger partial charge in [-0.05, 0) is 74.6 Å². The summed E-state index contributed by atoms with van der Waals surface area (Å²) in [6.45, 7) is 3.67. The molecule has 0 bridgehead atoms. The van der Waals surface area contributed by atoms with Gasteiger partial charge in [-0.1, -0.05) is 17.3 Å². The second-order valence-electron chi connectivity index (χ2n) is 7.33. The summed E-state index contributed by atoms with van der Waals surface area (Å²) in [7, 11) is 0. The maximum Gasteiger partial charge on any atom is 0.130 e. The van der Waals surface area contributed by atoms with E-state index in [1.165, 1.54) is 6.21 Å². The average Bonchev–Trinajstić information content (AvgIpc) is 3.58. The Morgan fingerprint density at radius 3 is 2.66 bits per heavy atom. The lowest BCUT2D eigenvalue weighted by molar-refractivity contribution is 0.319. The smallest absolute Gasteiger partial charge is 0.130 e. The van der Waals surface area contributed by atoms with Gasteiger partial charge in [0, 0.05) is 28.7 Å². The largest absolute Gasteiger partial charge is 0.411 e. The van der Waals surface area contributed by atoms with Crippen LogP contribution in [0.2, 0.25) is 0 Å². The summed E-state index contributed by atoms with van der Waals surface area (Å²) in [4.78, 5) is 9.20. The van der Waals surface area contributed by atoms with Crippen LogP contribution in [0.1, 0.15) is 48.2 Å². The fourth-order valence-corrected chi connectivity index (χ4v) is 3.42. The zero-order valence-electron chi connectivity index (χ0n) is 16.5. The van der Waals surface area contributed by atoms with Gasteiger partial charge in [-0.3, -0.25) is 0 Å². The van der Waals surface area contributed by atoms with Crippen molar-refractivity contribution >= 4 is 23.4 Å². The van der Waals surface area contributed by atoms with Gasteiger partial charge in [0.25, 0.3) is 0 Å². The van der Waals surface area contributed by atoms with Gasteiger partial charge >= 0.3 is 0 Å². The zero-order chi connectivity index (χ0) is 20.4. The lowest BCUT2D eigenvalue weighted by atomic mass is 9.96. The number of pyridine rings is 2. The van der Waals surface area contributed by atoms with Gasteiger partial charge in [0.15, 0.2) is 0 Å². The molecule has 29 heavy (non-hydrogen) atoms. The molecule has 0 spiro atoms. The van der Waals surface area contributed by atoms with Gasteiger partial charge in [0.1, 0.15) is 11.5 Å². The predicted octanol–water partition coefficient (Wildman–Crippen LogP) is 5.27. The number of benzene rings is 1.